The Morgan fingerprint density at radius 3 is 1.21 bits per heavy atom. The van der Waals surface area contributed by atoms with Gasteiger partial charge in [-0.2, -0.15) is 0 Å². The summed E-state index contributed by atoms with van der Waals surface area (Å²) in [6.45, 7) is 5.25. The van der Waals surface area contributed by atoms with E-state index in [2.05, 4.69) is 0 Å². The van der Waals surface area contributed by atoms with Gasteiger partial charge in [-0.15, -0.1) is 0 Å². The summed E-state index contributed by atoms with van der Waals surface area (Å²) in [5.74, 6) is -6.31. The van der Waals surface area contributed by atoms with Crippen molar-refractivity contribution in [2.45, 2.75) is 97.8 Å². The summed E-state index contributed by atoms with van der Waals surface area (Å²) in [5.41, 5.74) is 0. The van der Waals surface area contributed by atoms with Gasteiger partial charge in [-0.1, -0.05) is 20.8 Å². The minimum absolute atomic E-state index is 0.0486. The molecule has 0 saturated carbocycles. The Morgan fingerprint density at radius 1 is 0.559 bits per heavy atom. The number of carbonyl (C=O) groups is 6. The molecule has 0 radical (unpaired) electrons. The number of carboxylic acids is 2. The second kappa shape index (κ2) is 17.7. The van der Waals surface area contributed by atoms with Crippen molar-refractivity contribution in [2.24, 2.45) is 17.8 Å². The summed E-state index contributed by atoms with van der Waals surface area (Å²) < 4.78 is 9.57. The van der Waals surface area contributed by atoms with Crippen LogP contribution < -0.4 is 0 Å². The average Bonchev–Trinajstić information content (AvgIpc) is 2.76. The van der Waals surface area contributed by atoms with E-state index in [9.17, 15) is 28.8 Å². The third kappa shape index (κ3) is 13.7. The Labute approximate surface area is 200 Å². The predicted octanol–water partition coefficient (Wildman–Crippen LogP) is 3.88. The van der Waals surface area contributed by atoms with Crippen LogP contribution in [0.4, 0.5) is 0 Å². The second-order valence-corrected chi connectivity index (χ2v) is 8.31. The molecule has 10 nitrogen and oxygen atoms in total. The molecule has 0 saturated heterocycles. The zero-order valence-corrected chi connectivity index (χ0v) is 20.4. The number of rotatable bonds is 18. The fourth-order valence-electron chi connectivity index (χ4n) is 3.45. The third-order valence-electron chi connectivity index (χ3n) is 5.75. The molecule has 3 unspecified atom stereocenters. The molecule has 34 heavy (non-hydrogen) atoms. The molecule has 0 aliphatic rings. The smallest absolute Gasteiger partial charge is 0.316 e. The Kier molecular flexibility index (Phi) is 16.2. The molecular weight excluding hydrogens is 448 g/mol. The molecule has 0 aromatic rings. The van der Waals surface area contributed by atoms with Crippen molar-refractivity contribution in [3.05, 3.63) is 0 Å². The lowest BCUT2D eigenvalue weighted by Gasteiger charge is -2.13. The summed E-state index contributed by atoms with van der Waals surface area (Å²) in [5, 5.41) is 18.0. The number of esters is 4. The van der Waals surface area contributed by atoms with Gasteiger partial charge in [-0.3, -0.25) is 28.8 Å². The summed E-state index contributed by atoms with van der Waals surface area (Å²) in [7, 11) is 0. The van der Waals surface area contributed by atoms with Gasteiger partial charge in [-0.05, 0) is 57.8 Å². The lowest BCUT2D eigenvalue weighted by molar-refractivity contribution is -0.164. The monoisotopic (exact) mass is 486 g/mol. The van der Waals surface area contributed by atoms with Crippen LogP contribution in [0.5, 0.6) is 0 Å². The number of hydrogen-bond donors (Lipinski definition) is 2. The lowest BCUT2D eigenvalue weighted by Crippen LogP contribution is -2.22. The molecule has 0 spiro atoms. The van der Waals surface area contributed by atoms with Gasteiger partial charge in [0.25, 0.3) is 0 Å². The molecule has 0 aliphatic carbocycles. The van der Waals surface area contributed by atoms with Crippen molar-refractivity contribution >= 4 is 35.8 Å². The second-order valence-electron chi connectivity index (χ2n) is 8.31. The summed E-state index contributed by atoms with van der Waals surface area (Å²) in [6.07, 6.45) is 2.95. The number of aliphatic carboxylic acids is 2. The molecule has 194 valence electrons. The maximum Gasteiger partial charge on any atom is 0.316 e. The quantitative estimate of drug-likeness (QED) is 0.215. The van der Waals surface area contributed by atoms with Crippen molar-refractivity contribution in [1.29, 1.82) is 0 Å². The van der Waals surface area contributed by atoms with Crippen molar-refractivity contribution in [3.8, 4) is 0 Å². The van der Waals surface area contributed by atoms with E-state index in [4.69, 9.17) is 19.7 Å². The Morgan fingerprint density at radius 2 is 0.882 bits per heavy atom. The molecular formula is C24H38O10. The first-order chi connectivity index (χ1) is 16.0. The van der Waals surface area contributed by atoms with Gasteiger partial charge in [-0.25, -0.2) is 0 Å². The third-order valence-corrected chi connectivity index (χ3v) is 5.75. The first kappa shape index (κ1) is 31.2. The highest BCUT2D eigenvalue weighted by molar-refractivity contribution is 5.87. The van der Waals surface area contributed by atoms with Crippen LogP contribution in [0.25, 0.3) is 0 Å². The van der Waals surface area contributed by atoms with E-state index in [-0.39, 0.29) is 32.1 Å². The van der Waals surface area contributed by atoms with Gasteiger partial charge in [0.15, 0.2) is 0 Å². The van der Waals surface area contributed by atoms with Crippen LogP contribution in [-0.2, 0) is 38.2 Å². The van der Waals surface area contributed by atoms with E-state index in [0.29, 0.717) is 44.9 Å². The van der Waals surface area contributed by atoms with Crippen LogP contribution >= 0.6 is 0 Å². The normalized spacial score (nSPS) is 13.4. The van der Waals surface area contributed by atoms with Crippen molar-refractivity contribution in [1.82, 2.24) is 0 Å². The Balaban J connectivity index is 4.22. The Hall–Kier alpha value is -2.78. The van der Waals surface area contributed by atoms with E-state index in [0.717, 1.165) is 0 Å². The molecule has 10 heteroatoms. The number of carboxylic acid groups (broad SMARTS) is 2. The molecule has 0 aromatic heterocycles. The zero-order chi connectivity index (χ0) is 26.1. The van der Waals surface area contributed by atoms with Gasteiger partial charge in [0, 0.05) is 19.3 Å². The molecule has 3 atom stereocenters. The SMILES string of the molecule is CCC(CCCC(=O)OC(=O)CCCC(CC)C(=O)OC(=O)CCCC(CC)C(=O)O)C(=O)O. The van der Waals surface area contributed by atoms with Crippen LogP contribution in [0.3, 0.4) is 0 Å². The molecule has 0 aliphatic heterocycles. The Bertz CT molecular complexity index is 700. The fourth-order valence-corrected chi connectivity index (χ4v) is 3.45. The maximum atomic E-state index is 12.2. The van der Waals surface area contributed by atoms with Crippen LogP contribution in [0.15, 0.2) is 0 Å². The average molecular weight is 487 g/mol. The van der Waals surface area contributed by atoms with Crippen molar-refractivity contribution in [2.75, 3.05) is 0 Å². The topological polar surface area (TPSA) is 161 Å². The molecule has 0 fully saturated rings. The minimum atomic E-state index is -0.916. The molecule has 2 N–H and O–H groups in total. The van der Waals surface area contributed by atoms with Gasteiger partial charge in [0.1, 0.15) is 0 Å². The summed E-state index contributed by atoms with van der Waals surface area (Å²) in [6, 6.07) is 0. The first-order valence-corrected chi connectivity index (χ1v) is 12.0. The van der Waals surface area contributed by atoms with E-state index < -0.39 is 53.6 Å². The van der Waals surface area contributed by atoms with Gasteiger partial charge in [0.05, 0.1) is 17.8 Å². The van der Waals surface area contributed by atoms with Gasteiger partial charge in [0.2, 0.25) is 0 Å². The predicted molar refractivity (Wildman–Crippen MR) is 120 cm³/mol. The minimum Gasteiger partial charge on any atom is -0.481 e. The van der Waals surface area contributed by atoms with E-state index >= 15 is 0 Å². The largest absolute Gasteiger partial charge is 0.481 e. The van der Waals surface area contributed by atoms with E-state index in [1.165, 1.54) is 0 Å². The van der Waals surface area contributed by atoms with Crippen LogP contribution in [0, 0.1) is 17.8 Å². The van der Waals surface area contributed by atoms with Gasteiger partial charge < -0.3 is 19.7 Å². The lowest BCUT2D eigenvalue weighted by atomic mass is 9.99. The molecule has 0 rings (SSSR count). The maximum absolute atomic E-state index is 12.2. The number of carbonyl (C=O) groups excluding carboxylic acids is 4. The molecule has 0 amide bonds. The molecule has 0 aromatic carbocycles. The standard InChI is InChI=1S/C24H38O10/c1-4-16(22(28)29)10-7-13-19(25)33-20(26)14-9-12-18(6-3)24(32)34-21(27)15-8-11-17(5-2)23(30)31/h16-18H,4-15H2,1-3H3,(H,28,29)(H,30,31). The zero-order valence-electron chi connectivity index (χ0n) is 20.4. The van der Waals surface area contributed by atoms with Gasteiger partial charge >= 0.3 is 35.8 Å². The summed E-state index contributed by atoms with van der Waals surface area (Å²) in [4.78, 5) is 69.6. The van der Waals surface area contributed by atoms with Crippen molar-refractivity contribution in [3.63, 3.8) is 0 Å². The fraction of sp³-hybridized carbons (Fsp3) is 0.750. The highest BCUT2D eigenvalue weighted by Crippen LogP contribution is 2.18. The summed E-state index contributed by atoms with van der Waals surface area (Å²) >= 11 is 0. The number of ether oxygens (including phenoxy) is 2. The van der Waals surface area contributed by atoms with Crippen LogP contribution in [0.2, 0.25) is 0 Å². The van der Waals surface area contributed by atoms with E-state index in [1.54, 1.807) is 20.8 Å². The molecule has 0 bridgehead atoms. The van der Waals surface area contributed by atoms with E-state index in [1.807, 2.05) is 0 Å². The van der Waals surface area contributed by atoms with Crippen LogP contribution in [-0.4, -0.2) is 46.0 Å². The highest BCUT2D eigenvalue weighted by Gasteiger charge is 2.23. The highest BCUT2D eigenvalue weighted by atomic mass is 16.6. The molecule has 0 heterocycles. The van der Waals surface area contributed by atoms with Crippen molar-refractivity contribution < 1.29 is 48.5 Å². The number of hydrogen-bond acceptors (Lipinski definition) is 8. The van der Waals surface area contributed by atoms with Crippen LogP contribution in [0.1, 0.15) is 97.8 Å². The first-order valence-electron chi connectivity index (χ1n) is 12.0.